The van der Waals surface area contributed by atoms with Crippen molar-refractivity contribution in [2.24, 2.45) is 0 Å². The molecular formula is C21H28N4O4. The van der Waals surface area contributed by atoms with Crippen molar-refractivity contribution < 1.29 is 19.4 Å². The molecule has 0 saturated carbocycles. The zero-order valence-electron chi connectivity index (χ0n) is 16.7. The maximum Gasteiger partial charge on any atom is 0.320 e. The first-order valence-electron chi connectivity index (χ1n) is 10.4. The Kier molecular flexibility index (Phi) is 4.43. The number of benzene rings is 1. The van der Waals surface area contributed by atoms with Crippen molar-refractivity contribution in [3.05, 3.63) is 29.8 Å². The first kappa shape index (κ1) is 18.7. The first-order valence-corrected chi connectivity index (χ1v) is 10.4. The third-order valence-electron chi connectivity index (χ3n) is 6.54. The molecule has 1 aromatic rings. The lowest BCUT2D eigenvalue weighted by atomic mass is 9.90. The summed E-state index contributed by atoms with van der Waals surface area (Å²) in [6.07, 6.45) is 0.785. The molecule has 4 saturated heterocycles. The molecule has 4 heterocycles. The van der Waals surface area contributed by atoms with Crippen LogP contribution < -0.4 is 10.2 Å². The summed E-state index contributed by atoms with van der Waals surface area (Å²) in [5.41, 5.74) is 1.80. The number of rotatable bonds is 2. The zero-order valence-corrected chi connectivity index (χ0v) is 16.7. The summed E-state index contributed by atoms with van der Waals surface area (Å²) in [6.45, 7) is 5.96. The van der Waals surface area contributed by atoms with E-state index in [-0.39, 0.29) is 30.7 Å². The number of amides is 3. The van der Waals surface area contributed by atoms with Crippen LogP contribution in [0.25, 0.3) is 0 Å². The molecule has 2 N–H and O–H groups in total. The zero-order chi connectivity index (χ0) is 20.2. The van der Waals surface area contributed by atoms with E-state index >= 15 is 0 Å². The van der Waals surface area contributed by atoms with Gasteiger partial charge in [0.05, 0.1) is 17.7 Å². The van der Waals surface area contributed by atoms with Crippen molar-refractivity contribution in [1.29, 1.82) is 0 Å². The summed E-state index contributed by atoms with van der Waals surface area (Å²) in [5, 5.41) is 12.8. The van der Waals surface area contributed by atoms with E-state index in [1.54, 1.807) is 0 Å². The highest BCUT2D eigenvalue weighted by Gasteiger charge is 2.40. The molecule has 0 radical (unpaired) electrons. The van der Waals surface area contributed by atoms with E-state index in [0.29, 0.717) is 32.1 Å². The van der Waals surface area contributed by atoms with Crippen LogP contribution in [0.3, 0.4) is 0 Å². The lowest BCUT2D eigenvalue weighted by Crippen LogP contribution is -2.63. The van der Waals surface area contributed by atoms with Gasteiger partial charge in [-0.05, 0) is 31.0 Å². The fourth-order valence-electron chi connectivity index (χ4n) is 4.84. The van der Waals surface area contributed by atoms with E-state index in [0.717, 1.165) is 25.2 Å². The number of likely N-dealkylation sites (tertiary alicyclic amines) is 2. The number of aliphatic hydroxyl groups is 1. The molecule has 3 amide bonds. The average molecular weight is 400 g/mol. The van der Waals surface area contributed by atoms with Crippen LogP contribution in [0.15, 0.2) is 24.3 Å². The minimum absolute atomic E-state index is 0.0227. The standard InChI is InChI=1S/C21H28N4O4/c1-21(28)12-25(13-21)16-4-2-14(3-5-16)15-8-24(9-15)20(27)23-7-6-18-17(10-23)22-19(26)11-29-18/h2-5,15,17-18,28H,6-13H2,1H3,(H,22,26). The van der Waals surface area contributed by atoms with Crippen molar-refractivity contribution in [1.82, 2.24) is 15.1 Å². The van der Waals surface area contributed by atoms with Crippen molar-refractivity contribution in [2.45, 2.75) is 37.0 Å². The fraction of sp³-hybridized carbons (Fsp3) is 0.619. The molecule has 2 atom stereocenters. The summed E-state index contributed by atoms with van der Waals surface area (Å²) in [6, 6.07) is 8.43. The second-order valence-electron chi connectivity index (χ2n) is 9.09. The molecule has 0 bridgehead atoms. The molecule has 1 aromatic carbocycles. The number of morpholine rings is 1. The van der Waals surface area contributed by atoms with Crippen LogP contribution in [0.5, 0.6) is 0 Å². The normalized spacial score (nSPS) is 28.9. The number of piperidine rings is 1. The van der Waals surface area contributed by atoms with E-state index < -0.39 is 5.60 Å². The molecule has 8 heteroatoms. The molecule has 2 unspecified atom stereocenters. The molecule has 4 fully saturated rings. The van der Waals surface area contributed by atoms with Crippen LogP contribution in [0.1, 0.15) is 24.8 Å². The largest absolute Gasteiger partial charge is 0.386 e. The molecule has 156 valence electrons. The molecule has 4 aliphatic heterocycles. The quantitative estimate of drug-likeness (QED) is 0.749. The van der Waals surface area contributed by atoms with Gasteiger partial charge < -0.3 is 29.9 Å². The van der Waals surface area contributed by atoms with E-state index in [2.05, 4.69) is 34.5 Å². The number of nitrogens with zero attached hydrogens (tertiary/aromatic N) is 3. The van der Waals surface area contributed by atoms with Crippen LogP contribution in [0.2, 0.25) is 0 Å². The number of hydrogen-bond acceptors (Lipinski definition) is 5. The topological polar surface area (TPSA) is 85.3 Å². The summed E-state index contributed by atoms with van der Waals surface area (Å²) in [5.74, 6) is 0.262. The molecule has 4 aliphatic rings. The number of hydrogen-bond donors (Lipinski definition) is 2. The Morgan fingerprint density at radius 3 is 2.59 bits per heavy atom. The number of nitrogens with one attached hydrogen (secondary N) is 1. The second kappa shape index (κ2) is 6.88. The smallest absolute Gasteiger partial charge is 0.320 e. The molecule has 8 nitrogen and oxygen atoms in total. The predicted molar refractivity (Wildman–Crippen MR) is 107 cm³/mol. The van der Waals surface area contributed by atoms with Gasteiger partial charge in [0, 0.05) is 50.9 Å². The summed E-state index contributed by atoms with van der Waals surface area (Å²) in [7, 11) is 0. The predicted octanol–water partition coefficient (Wildman–Crippen LogP) is 0.366. The summed E-state index contributed by atoms with van der Waals surface area (Å²) >= 11 is 0. The molecule has 0 spiro atoms. The van der Waals surface area contributed by atoms with Gasteiger partial charge in [-0.25, -0.2) is 4.79 Å². The van der Waals surface area contributed by atoms with Gasteiger partial charge in [0.25, 0.3) is 0 Å². The van der Waals surface area contributed by atoms with E-state index in [9.17, 15) is 14.7 Å². The molecular weight excluding hydrogens is 372 g/mol. The number of ether oxygens (including phenoxy) is 1. The SMILES string of the molecule is CC1(O)CN(c2ccc(C3CN(C(=O)N4CCC5OCC(=O)NC5C4)C3)cc2)C1. The van der Waals surface area contributed by atoms with Crippen molar-refractivity contribution in [3.63, 3.8) is 0 Å². The van der Waals surface area contributed by atoms with Gasteiger partial charge in [0.2, 0.25) is 5.91 Å². The van der Waals surface area contributed by atoms with Crippen LogP contribution >= 0.6 is 0 Å². The van der Waals surface area contributed by atoms with Crippen LogP contribution in [0.4, 0.5) is 10.5 Å². The highest BCUT2D eigenvalue weighted by Crippen LogP contribution is 2.32. The minimum atomic E-state index is -0.575. The molecule has 29 heavy (non-hydrogen) atoms. The Balaban J connectivity index is 1.13. The summed E-state index contributed by atoms with van der Waals surface area (Å²) in [4.78, 5) is 30.3. The lowest BCUT2D eigenvalue weighted by Gasteiger charge is -2.47. The maximum absolute atomic E-state index is 12.8. The van der Waals surface area contributed by atoms with Crippen molar-refractivity contribution in [3.8, 4) is 0 Å². The minimum Gasteiger partial charge on any atom is -0.386 e. The van der Waals surface area contributed by atoms with E-state index in [1.165, 1.54) is 5.56 Å². The fourth-order valence-corrected chi connectivity index (χ4v) is 4.84. The molecule has 0 aliphatic carbocycles. The number of urea groups is 1. The Labute approximate surface area is 170 Å². The lowest BCUT2D eigenvalue weighted by molar-refractivity contribution is -0.139. The van der Waals surface area contributed by atoms with Gasteiger partial charge in [0.1, 0.15) is 6.61 Å². The maximum atomic E-state index is 12.8. The second-order valence-corrected chi connectivity index (χ2v) is 9.09. The Morgan fingerprint density at radius 1 is 1.17 bits per heavy atom. The van der Waals surface area contributed by atoms with E-state index in [1.807, 2.05) is 16.7 Å². The van der Waals surface area contributed by atoms with Crippen LogP contribution in [-0.4, -0.2) is 90.5 Å². The molecule has 5 rings (SSSR count). The monoisotopic (exact) mass is 400 g/mol. The van der Waals surface area contributed by atoms with Crippen LogP contribution in [0, 0.1) is 0 Å². The highest BCUT2D eigenvalue weighted by molar-refractivity contribution is 5.79. The number of carbonyl (C=O) groups is 2. The third kappa shape index (κ3) is 3.55. The number of anilines is 1. The van der Waals surface area contributed by atoms with Gasteiger partial charge in [-0.1, -0.05) is 12.1 Å². The Hall–Kier alpha value is -2.32. The Bertz CT molecular complexity index is 797. The van der Waals surface area contributed by atoms with Gasteiger partial charge in [-0.3, -0.25) is 4.79 Å². The van der Waals surface area contributed by atoms with Gasteiger partial charge in [-0.15, -0.1) is 0 Å². The molecule has 0 aromatic heterocycles. The van der Waals surface area contributed by atoms with Crippen molar-refractivity contribution in [2.75, 3.05) is 50.8 Å². The van der Waals surface area contributed by atoms with Gasteiger partial charge >= 0.3 is 6.03 Å². The van der Waals surface area contributed by atoms with Gasteiger partial charge in [-0.2, -0.15) is 0 Å². The average Bonchev–Trinajstić information content (AvgIpc) is 2.64. The van der Waals surface area contributed by atoms with Crippen LogP contribution in [-0.2, 0) is 9.53 Å². The number of carbonyl (C=O) groups excluding carboxylic acids is 2. The van der Waals surface area contributed by atoms with Crippen molar-refractivity contribution >= 4 is 17.6 Å². The van der Waals surface area contributed by atoms with E-state index in [4.69, 9.17) is 4.74 Å². The van der Waals surface area contributed by atoms with Gasteiger partial charge in [0.15, 0.2) is 0 Å². The third-order valence-corrected chi connectivity index (χ3v) is 6.54. The summed E-state index contributed by atoms with van der Waals surface area (Å²) < 4.78 is 5.57. The number of fused-ring (bicyclic) bond motifs is 1. The first-order chi connectivity index (χ1) is 13.9. The highest BCUT2D eigenvalue weighted by atomic mass is 16.5. The number of β-amino-alcohol motifs (C(OH)–C–C–N with tert-alkyl or cyclic N) is 1. The Morgan fingerprint density at radius 2 is 1.90 bits per heavy atom.